The van der Waals surface area contributed by atoms with Gasteiger partial charge in [0.2, 0.25) is 5.91 Å². The first-order valence-corrected chi connectivity index (χ1v) is 9.52. The number of carbonyl (C=O) groups excluding carboxylic acids is 2. The number of likely N-dealkylation sites (N-methyl/N-ethyl adjacent to an activating group) is 1. The maximum Gasteiger partial charge on any atom is 0.410 e. The molecule has 2 amide bonds. The molecule has 1 heterocycles. The molecule has 27 heavy (non-hydrogen) atoms. The first-order valence-electron chi connectivity index (χ1n) is 9.52. The number of piperidine rings is 1. The van der Waals surface area contributed by atoms with Gasteiger partial charge >= 0.3 is 6.09 Å². The van der Waals surface area contributed by atoms with Crippen molar-refractivity contribution in [3.63, 3.8) is 0 Å². The molecule has 146 valence electrons. The van der Waals surface area contributed by atoms with Crippen LogP contribution in [0.4, 0.5) is 4.79 Å². The molecule has 6 nitrogen and oxygen atoms in total. The molecule has 2 rings (SSSR count). The Bertz CT molecular complexity index is 701. The molecule has 1 aromatic carbocycles. The number of benzene rings is 1. The van der Waals surface area contributed by atoms with E-state index in [0.717, 1.165) is 18.4 Å². The zero-order chi connectivity index (χ0) is 20.0. The number of hydrogen-bond acceptors (Lipinski definition) is 4. The van der Waals surface area contributed by atoms with E-state index in [1.807, 2.05) is 39.8 Å². The normalized spacial score (nSPS) is 17.1. The van der Waals surface area contributed by atoms with E-state index in [1.54, 1.807) is 21.9 Å². The minimum atomic E-state index is -0.588. The summed E-state index contributed by atoms with van der Waals surface area (Å²) >= 11 is 0. The van der Waals surface area contributed by atoms with Crippen molar-refractivity contribution in [2.24, 2.45) is 0 Å². The molecule has 1 unspecified atom stereocenters. The smallest absolute Gasteiger partial charge is 0.410 e. The predicted molar refractivity (Wildman–Crippen MR) is 103 cm³/mol. The summed E-state index contributed by atoms with van der Waals surface area (Å²) in [5, 5.41) is 8.91. The molecule has 0 N–H and O–H groups in total. The van der Waals surface area contributed by atoms with Gasteiger partial charge in [-0.25, -0.2) is 4.79 Å². The summed E-state index contributed by atoms with van der Waals surface area (Å²) in [6.07, 6.45) is 2.03. The Hall–Kier alpha value is -2.55. The van der Waals surface area contributed by atoms with Crippen LogP contribution in [-0.2, 0) is 16.1 Å². The highest BCUT2D eigenvalue weighted by Gasteiger charge is 2.36. The molecule has 0 saturated carbocycles. The molecule has 1 aliphatic heterocycles. The van der Waals surface area contributed by atoms with E-state index in [4.69, 9.17) is 10.00 Å². The molecule has 0 spiro atoms. The van der Waals surface area contributed by atoms with Gasteiger partial charge in [0.05, 0.1) is 11.6 Å². The molecular formula is C21H29N3O3. The molecular weight excluding hydrogens is 342 g/mol. The second kappa shape index (κ2) is 8.90. The van der Waals surface area contributed by atoms with E-state index >= 15 is 0 Å². The zero-order valence-corrected chi connectivity index (χ0v) is 16.7. The Labute approximate surface area is 161 Å². The average molecular weight is 371 g/mol. The van der Waals surface area contributed by atoms with Gasteiger partial charge in [0.1, 0.15) is 11.6 Å². The minimum Gasteiger partial charge on any atom is -0.444 e. The number of amides is 2. The lowest BCUT2D eigenvalue weighted by Gasteiger charge is -2.38. The number of rotatable bonds is 4. The van der Waals surface area contributed by atoms with E-state index in [-0.39, 0.29) is 5.91 Å². The third-order valence-corrected chi connectivity index (χ3v) is 4.57. The number of hydrogen-bond donors (Lipinski definition) is 0. The summed E-state index contributed by atoms with van der Waals surface area (Å²) in [5.74, 6) is -0.0487. The Kier molecular flexibility index (Phi) is 6.84. The number of carbonyl (C=O) groups is 2. The van der Waals surface area contributed by atoms with Crippen LogP contribution in [0.2, 0.25) is 0 Å². The van der Waals surface area contributed by atoms with E-state index < -0.39 is 17.7 Å². The maximum absolute atomic E-state index is 13.2. The Morgan fingerprint density at radius 3 is 2.48 bits per heavy atom. The molecule has 0 bridgehead atoms. The largest absolute Gasteiger partial charge is 0.444 e. The summed E-state index contributed by atoms with van der Waals surface area (Å²) in [4.78, 5) is 29.1. The summed E-state index contributed by atoms with van der Waals surface area (Å²) in [7, 11) is 0. The summed E-state index contributed by atoms with van der Waals surface area (Å²) in [6.45, 7) is 8.97. The van der Waals surface area contributed by atoms with E-state index in [1.165, 1.54) is 0 Å². The fourth-order valence-electron chi connectivity index (χ4n) is 3.19. The summed E-state index contributed by atoms with van der Waals surface area (Å²) < 4.78 is 5.50. The van der Waals surface area contributed by atoms with Crippen LogP contribution in [0.5, 0.6) is 0 Å². The van der Waals surface area contributed by atoms with Gasteiger partial charge in [-0.15, -0.1) is 0 Å². The van der Waals surface area contributed by atoms with Crippen molar-refractivity contribution in [1.29, 1.82) is 5.26 Å². The van der Waals surface area contributed by atoms with Gasteiger partial charge in [-0.2, -0.15) is 5.26 Å². The number of likely N-dealkylation sites (tertiary alicyclic amines) is 1. The van der Waals surface area contributed by atoms with Gasteiger partial charge in [0, 0.05) is 19.6 Å². The highest BCUT2D eigenvalue weighted by atomic mass is 16.6. The van der Waals surface area contributed by atoms with Gasteiger partial charge in [0.15, 0.2) is 0 Å². The number of nitriles is 1. The minimum absolute atomic E-state index is 0.0487. The predicted octanol–water partition coefficient (Wildman–Crippen LogP) is 3.70. The Balaban J connectivity index is 2.12. The summed E-state index contributed by atoms with van der Waals surface area (Å²) in [6, 6.07) is 8.84. The zero-order valence-electron chi connectivity index (χ0n) is 16.7. The maximum atomic E-state index is 13.2. The third kappa shape index (κ3) is 5.72. The Morgan fingerprint density at radius 1 is 1.26 bits per heavy atom. The second-order valence-corrected chi connectivity index (χ2v) is 7.85. The standard InChI is InChI=1S/C21H29N3O3/c1-5-23(15-17-11-9-16(14-22)10-12-17)19(25)18-8-6-7-13-24(18)20(26)27-21(2,3)4/h9-12,18H,5-8,13,15H2,1-4H3. The van der Waals surface area contributed by atoms with Crippen LogP contribution in [-0.4, -0.2) is 46.5 Å². The first kappa shape index (κ1) is 20.8. The lowest BCUT2D eigenvalue weighted by atomic mass is 10.0. The fourth-order valence-corrected chi connectivity index (χ4v) is 3.19. The Morgan fingerprint density at radius 2 is 1.93 bits per heavy atom. The first-order chi connectivity index (χ1) is 12.7. The molecule has 0 aliphatic carbocycles. The molecule has 0 aromatic heterocycles. The van der Waals surface area contributed by atoms with Gasteiger partial charge in [0.25, 0.3) is 0 Å². The highest BCUT2D eigenvalue weighted by molar-refractivity contribution is 5.86. The second-order valence-electron chi connectivity index (χ2n) is 7.85. The van der Waals surface area contributed by atoms with E-state index in [9.17, 15) is 9.59 Å². The van der Waals surface area contributed by atoms with Crippen LogP contribution in [0, 0.1) is 11.3 Å². The molecule has 1 aromatic rings. The lowest BCUT2D eigenvalue weighted by molar-refractivity contribution is -0.138. The number of nitrogens with zero attached hydrogens (tertiary/aromatic N) is 3. The highest BCUT2D eigenvalue weighted by Crippen LogP contribution is 2.23. The van der Waals surface area contributed by atoms with Crippen molar-refractivity contribution in [3.05, 3.63) is 35.4 Å². The number of ether oxygens (including phenoxy) is 1. The molecule has 1 aliphatic rings. The average Bonchev–Trinajstić information content (AvgIpc) is 2.64. The van der Waals surface area contributed by atoms with Crippen molar-refractivity contribution in [1.82, 2.24) is 9.80 Å². The van der Waals surface area contributed by atoms with Gasteiger partial charge in [-0.05, 0) is 64.7 Å². The van der Waals surface area contributed by atoms with E-state index in [0.29, 0.717) is 31.6 Å². The molecule has 1 atom stereocenters. The molecule has 0 radical (unpaired) electrons. The van der Waals surface area contributed by atoms with Crippen LogP contribution < -0.4 is 0 Å². The monoisotopic (exact) mass is 371 g/mol. The lowest BCUT2D eigenvalue weighted by Crippen LogP contribution is -2.53. The van der Waals surface area contributed by atoms with Gasteiger partial charge in [-0.3, -0.25) is 9.69 Å². The van der Waals surface area contributed by atoms with Crippen molar-refractivity contribution in [2.75, 3.05) is 13.1 Å². The van der Waals surface area contributed by atoms with Crippen LogP contribution >= 0.6 is 0 Å². The van der Waals surface area contributed by atoms with Crippen LogP contribution in [0.3, 0.4) is 0 Å². The SMILES string of the molecule is CCN(Cc1ccc(C#N)cc1)C(=O)C1CCCCN1C(=O)OC(C)(C)C. The van der Waals surface area contributed by atoms with Crippen molar-refractivity contribution >= 4 is 12.0 Å². The van der Waals surface area contributed by atoms with Gasteiger partial charge in [-0.1, -0.05) is 12.1 Å². The topological polar surface area (TPSA) is 73.6 Å². The van der Waals surface area contributed by atoms with Gasteiger partial charge < -0.3 is 9.64 Å². The molecule has 1 saturated heterocycles. The fraction of sp³-hybridized carbons (Fsp3) is 0.571. The van der Waals surface area contributed by atoms with Crippen LogP contribution in [0.15, 0.2) is 24.3 Å². The van der Waals surface area contributed by atoms with Crippen molar-refractivity contribution in [2.45, 2.75) is 65.1 Å². The van der Waals surface area contributed by atoms with Crippen LogP contribution in [0.25, 0.3) is 0 Å². The van der Waals surface area contributed by atoms with Crippen LogP contribution in [0.1, 0.15) is 58.1 Å². The quantitative estimate of drug-likeness (QED) is 0.809. The van der Waals surface area contributed by atoms with Crippen molar-refractivity contribution < 1.29 is 14.3 Å². The molecule has 1 fully saturated rings. The summed E-state index contributed by atoms with van der Waals surface area (Å²) in [5.41, 5.74) is 0.968. The molecule has 6 heteroatoms. The van der Waals surface area contributed by atoms with Crippen molar-refractivity contribution in [3.8, 4) is 6.07 Å². The third-order valence-electron chi connectivity index (χ3n) is 4.57. The van der Waals surface area contributed by atoms with E-state index in [2.05, 4.69) is 6.07 Å².